The highest BCUT2D eigenvalue weighted by atomic mass is 16.6. The van der Waals surface area contributed by atoms with E-state index in [1.54, 1.807) is 0 Å². The van der Waals surface area contributed by atoms with Crippen molar-refractivity contribution in [1.29, 1.82) is 0 Å². The van der Waals surface area contributed by atoms with E-state index in [9.17, 15) is 4.79 Å². The second-order valence-corrected chi connectivity index (χ2v) is 2.18. The van der Waals surface area contributed by atoms with Gasteiger partial charge in [0.2, 0.25) is 0 Å². The molecule has 58 valence electrons. The third kappa shape index (κ3) is 0.985. The van der Waals surface area contributed by atoms with Crippen LogP contribution in [0.1, 0.15) is 0 Å². The van der Waals surface area contributed by atoms with Gasteiger partial charge in [0.15, 0.2) is 6.10 Å². The number of hydrogen-bond acceptors (Lipinski definition) is 5. The molecule has 0 amide bonds. The molecule has 1 rings (SSSR count). The fourth-order valence-electron chi connectivity index (χ4n) is 0.817. The number of esters is 1. The molecule has 0 aliphatic carbocycles. The highest BCUT2D eigenvalue weighted by molar-refractivity contribution is 5.78. The summed E-state index contributed by atoms with van der Waals surface area (Å²) in [5.74, 6) is -0.758. The minimum atomic E-state index is -1.28. The van der Waals surface area contributed by atoms with Crippen LogP contribution in [0.3, 0.4) is 0 Å². The first-order chi connectivity index (χ1) is 4.66. The molecule has 1 heterocycles. The zero-order chi connectivity index (χ0) is 7.72. The maximum Gasteiger partial charge on any atom is 0.337 e. The third-order valence-corrected chi connectivity index (χ3v) is 1.48. The minimum Gasteiger partial charge on any atom is -0.456 e. The Balaban J connectivity index is 2.61. The number of carbonyl (C=O) groups is 1. The van der Waals surface area contributed by atoms with Crippen molar-refractivity contribution >= 4 is 5.97 Å². The second kappa shape index (κ2) is 2.53. The summed E-state index contributed by atoms with van der Waals surface area (Å²) in [6, 6.07) is -0.794. The molecular formula is C5H9NO4. The number of nitrogens with two attached hydrogens (primary N) is 1. The predicted octanol–water partition coefficient (Wildman–Crippen LogP) is -2.41. The Labute approximate surface area is 57.4 Å². The van der Waals surface area contributed by atoms with Gasteiger partial charge in [0.1, 0.15) is 6.10 Å². The van der Waals surface area contributed by atoms with Crippen molar-refractivity contribution in [2.45, 2.75) is 18.2 Å². The minimum absolute atomic E-state index is 0.343. The summed E-state index contributed by atoms with van der Waals surface area (Å²) < 4.78 is 4.47. The van der Waals surface area contributed by atoms with Gasteiger partial charge >= 0.3 is 5.97 Å². The molecule has 10 heavy (non-hydrogen) atoms. The van der Waals surface area contributed by atoms with Gasteiger partial charge in [-0.05, 0) is 0 Å². The van der Waals surface area contributed by atoms with E-state index in [0.29, 0.717) is 0 Å². The fraction of sp³-hybridized carbons (Fsp3) is 0.800. The monoisotopic (exact) mass is 147 g/mol. The lowest BCUT2D eigenvalue weighted by Gasteiger charge is -2.09. The van der Waals surface area contributed by atoms with Gasteiger partial charge in [-0.2, -0.15) is 0 Å². The normalized spacial score (nSPS) is 39.9. The summed E-state index contributed by atoms with van der Waals surface area (Å²) in [6.45, 7) is -0.343. The number of ether oxygens (including phenoxy) is 1. The van der Waals surface area contributed by atoms with Crippen molar-refractivity contribution in [1.82, 2.24) is 0 Å². The molecule has 0 unspecified atom stereocenters. The Morgan fingerprint density at radius 1 is 1.70 bits per heavy atom. The lowest BCUT2D eigenvalue weighted by molar-refractivity contribution is -0.148. The SMILES string of the molecule is N[C@@H]1[C@@H](CO)OC(=O)[C@@H]1O. The van der Waals surface area contributed by atoms with Crippen LogP contribution in [-0.2, 0) is 9.53 Å². The van der Waals surface area contributed by atoms with E-state index in [1.807, 2.05) is 0 Å². The van der Waals surface area contributed by atoms with E-state index in [1.165, 1.54) is 0 Å². The van der Waals surface area contributed by atoms with Crippen molar-refractivity contribution < 1.29 is 19.7 Å². The molecule has 0 bridgehead atoms. The largest absolute Gasteiger partial charge is 0.456 e. The van der Waals surface area contributed by atoms with Crippen molar-refractivity contribution in [3.8, 4) is 0 Å². The van der Waals surface area contributed by atoms with Crippen molar-refractivity contribution in [3.63, 3.8) is 0 Å². The van der Waals surface area contributed by atoms with Gasteiger partial charge in [-0.25, -0.2) is 4.79 Å². The van der Waals surface area contributed by atoms with Crippen LogP contribution in [-0.4, -0.2) is 41.0 Å². The van der Waals surface area contributed by atoms with E-state index >= 15 is 0 Å². The van der Waals surface area contributed by atoms with Crippen LogP contribution < -0.4 is 5.73 Å². The molecule has 0 aromatic rings. The predicted molar refractivity (Wildman–Crippen MR) is 30.9 cm³/mol. The molecule has 5 nitrogen and oxygen atoms in total. The van der Waals surface area contributed by atoms with Crippen LogP contribution in [0.15, 0.2) is 0 Å². The van der Waals surface area contributed by atoms with Crippen LogP contribution in [0, 0.1) is 0 Å². The Kier molecular flexibility index (Phi) is 1.89. The van der Waals surface area contributed by atoms with Gasteiger partial charge in [0.05, 0.1) is 12.6 Å². The first-order valence-corrected chi connectivity index (χ1v) is 2.92. The van der Waals surface area contributed by atoms with Gasteiger partial charge in [0, 0.05) is 0 Å². The van der Waals surface area contributed by atoms with Crippen molar-refractivity contribution in [2.75, 3.05) is 6.61 Å². The fourth-order valence-corrected chi connectivity index (χ4v) is 0.817. The Bertz CT molecular complexity index is 149. The van der Waals surface area contributed by atoms with Gasteiger partial charge in [-0.1, -0.05) is 0 Å². The number of hydrogen-bond donors (Lipinski definition) is 3. The van der Waals surface area contributed by atoms with Crippen LogP contribution in [0.4, 0.5) is 0 Å². The molecule has 0 aromatic carbocycles. The smallest absolute Gasteiger partial charge is 0.337 e. The van der Waals surface area contributed by atoms with Gasteiger partial charge in [-0.3, -0.25) is 0 Å². The molecule has 1 aliphatic rings. The topological polar surface area (TPSA) is 92.8 Å². The number of carbonyl (C=O) groups excluding carboxylic acids is 1. The molecule has 0 saturated carbocycles. The van der Waals surface area contributed by atoms with Gasteiger partial charge < -0.3 is 20.7 Å². The van der Waals surface area contributed by atoms with Gasteiger partial charge in [0.25, 0.3) is 0 Å². The maximum absolute atomic E-state index is 10.5. The molecule has 0 spiro atoms. The Hall–Kier alpha value is -0.650. The van der Waals surface area contributed by atoms with Gasteiger partial charge in [-0.15, -0.1) is 0 Å². The number of cyclic esters (lactones) is 1. The van der Waals surface area contributed by atoms with E-state index in [4.69, 9.17) is 15.9 Å². The number of rotatable bonds is 1. The Morgan fingerprint density at radius 2 is 2.30 bits per heavy atom. The second-order valence-electron chi connectivity index (χ2n) is 2.18. The molecule has 1 fully saturated rings. The summed E-state index contributed by atoms with van der Waals surface area (Å²) >= 11 is 0. The summed E-state index contributed by atoms with van der Waals surface area (Å²) in [7, 11) is 0. The zero-order valence-corrected chi connectivity index (χ0v) is 5.23. The molecular weight excluding hydrogens is 138 g/mol. The van der Waals surface area contributed by atoms with E-state index in [0.717, 1.165) is 0 Å². The highest BCUT2D eigenvalue weighted by Gasteiger charge is 2.40. The van der Waals surface area contributed by atoms with Crippen LogP contribution in [0.2, 0.25) is 0 Å². The maximum atomic E-state index is 10.5. The summed E-state index contributed by atoms with van der Waals surface area (Å²) in [5.41, 5.74) is 5.27. The molecule has 3 atom stereocenters. The lowest BCUT2D eigenvalue weighted by Crippen LogP contribution is -2.41. The average Bonchev–Trinajstić information content (AvgIpc) is 2.17. The van der Waals surface area contributed by atoms with E-state index < -0.39 is 24.2 Å². The van der Waals surface area contributed by atoms with Crippen LogP contribution in [0.5, 0.6) is 0 Å². The zero-order valence-electron chi connectivity index (χ0n) is 5.23. The summed E-state index contributed by atoms with van der Waals surface area (Å²) in [6.07, 6.45) is -2.03. The number of aliphatic hydroxyl groups excluding tert-OH is 2. The van der Waals surface area contributed by atoms with E-state index in [2.05, 4.69) is 4.74 Å². The average molecular weight is 147 g/mol. The van der Waals surface area contributed by atoms with Crippen LogP contribution in [0.25, 0.3) is 0 Å². The van der Waals surface area contributed by atoms with Crippen LogP contribution >= 0.6 is 0 Å². The van der Waals surface area contributed by atoms with E-state index in [-0.39, 0.29) is 6.61 Å². The molecule has 5 heteroatoms. The van der Waals surface area contributed by atoms with Crippen molar-refractivity contribution in [2.24, 2.45) is 5.73 Å². The molecule has 0 aromatic heterocycles. The third-order valence-electron chi connectivity index (χ3n) is 1.48. The lowest BCUT2D eigenvalue weighted by atomic mass is 10.1. The Morgan fingerprint density at radius 3 is 2.50 bits per heavy atom. The molecule has 4 N–H and O–H groups in total. The quantitative estimate of drug-likeness (QED) is 0.359. The standard InChI is InChI=1S/C5H9NO4/c6-3-2(1-7)10-5(9)4(3)8/h2-4,7-8H,1,6H2/t2-,3-,4-/m1/s1. The molecule has 1 aliphatic heterocycles. The molecule has 1 saturated heterocycles. The van der Waals surface area contributed by atoms with Crippen molar-refractivity contribution in [3.05, 3.63) is 0 Å². The summed E-state index contributed by atoms with van der Waals surface area (Å²) in [4.78, 5) is 10.5. The molecule has 0 radical (unpaired) electrons. The first kappa shape index (κ1) is 7.46. The highest BCUT2D eigenvalue weighted by Crippen LogP contribution is 2.12. The number of aliphatic hydroxyl groups is 2. The first-order valence-electron chi connectivity index (χ1n) is 2.92. The summed E-state index contributed by atoms with van der Waals surface area (Å²) in [5, 5.41) is 17.4.